The second kappa shape index (κ2) is 9.03. The molecular formula is C19H18BrNO3. The minimum Gasteiger partial charge on any atom is -0.462 e. The zero-order valence-electron chi connectivity index (χ0n) is 13.3. The van der Waals surface area contributed by atoms with Crippen LogP contribution in [-0.2, 0) is 9.53 Å². The first-order valence-corrected chi connectivity index (χ1v) is 8.39. The maximum atomic E-state index is 11.9. The Hall–Kier alpha value is -2.40. The number of anilines is 1. The molecule has 5 heteroatoms. The average Bonchev–Trinajstić information content (AvgIpc) is 2.60. The lowest BCUT2D eigenvalue weighted by Crippen LogP contribution is -2.09. The van der Waals surface area contributed by atoms with Gasteiger partial charge in [0.15, 0.2) is 0 Å². The Bertz CT molecular complexity index is 721. The van der Waals surface area contributed by atoms with Gasteiger partial charge in [-0.1, -0.05) is 35.0 Å². The van der Waals surface area contributed by atoms with Crippen LogP contribution in [0.5, 0.6) is 0 Å². The summed E-state index contributed by atoms with van der Waals surface area (Å²) in [6.07, 6.45) is 3.98. The summed E-state index contributed by atoms with van der Waals surface area (Å²) in [5.74, 6) is -0.593. The number of hydrogen-bond acceptors (Lipinski definition) is 3. The Balaban J connectivity index is 1.92. The average molecular weight is 388 g/mol. The molecule has 0 heterocycles. The van der Waals surface area contributed by atoms with Crippen LogP contribution in [-0.4, -0.2) is 18.5 Å². The van der Waals surface area contributed by atoms with Crippen molar-refractivity contribution in [1.82, 2.24) is 0 Å². The largest absolute Gasteiger partial charge is 0.462 e. The summed E-state index contributed by atoms with van der Waals surface area (Å²) in [6, 6.07) is 14.2. The molecule has 0 bridgehead atoms. The van der Waals surface area contributed by atoms with Crippen LogP contribution >= 0.6 is 15.9 Å². The molecule has 0 aliphatic carbocycles. The smallest absolute Gasteiger partial charge is 0.338 e. The lowest BCUT2D eigenvalue weighted by atomic mass is 10.2. The van der Waals surface area contributed by atoms with E-state index in [-0.39, 0.29) is 11.9 Å². The van der Waals surface area contributed by atoms with Crippen LogP contribution in [0.3, 0.4) is 0 Å². The fraction of sp³-hybridized carbons (Fsp3) is 0.158. The van der Waals surface area contributed by atoms with E-state index in [4.69, 9.17) is 4.74 Å². The van der Waals surface area contributed by atoms with Gasteiger partial charge in [-0.15, -0.1) is 0 Å². The minimum absolute atomic E-state index is 0.237. The molecule has 124 valence electrons. The van der Waals surface area contributed by atoms with Crippen molar-refractivity contribution in [2.45, 2.75) is 13.3 Å². The van der Waals surface area contributed by atoms with Crippen LogP contribution in [0.1, 0.15) is 29.3 Å². The summed E-state index contributed by atoms with van der Waals surface area (Å²) in [4.78, 5) is 23.6. The quantitative estimate of drug-likeness (QED) is 0.578. The van der Waals surface area contributed by atoms with Crippen molar-refractivity contribution >= 4 is 39.6 Å². The van der Waals surface area contributed by atoms with E-state index in [1.54, 1.807) is 30.3 Å². The highest BCUT2D eigenvalue weighted by molar-refractivity contribution is 9.10. The van der Waals surface area contributed by atoms with E-state index in [0.29, 0.717) is 17.9 Å². The normalized spacial score (nSPS) is 10.6. The number of nitrogens with one attached hydrogen (secondary N) is 1. The van der Waals surface area contributed by atoms with Crippen molar-refractivity contribution in [1.29, 1.82) is 0 Å². The fourth-order valence-corrected chi connectivity index (χ4v) is 2.16. The third-order valence-electron chi connectivity index (χ3n) is 3.12. The van der Waals surface area contributed by atoms with Gasteiger partial charge in [0.2, 0.25) is 5.91 Å². The molecule has 0 aliphatic rings. The van der Waals surface area contributed by atoms with E-state index in [0.717, 1.165) is 16.5 Å². The molecule has 0 fully saturated rings. The van der Waals surface area contributed by atoms with Gasteiger partial charge in [-0.3, -0.25) is 4.79 Å². The van der Waals surface area contributed by atoms with Gasteiger partial charge in [0.25, 0.3) is 0 Å². The van der Waals surface area contributed by atoms with Crippen LogP contribution in [0.15, 0.2) is 59.1 Å². The minimum atomic E-state index is -0.357. The third kappa shape index (κ3) is 5.66. The molecular weight excluding hydrogens is 370 g/mol. The Kier molecular flexibility index (Phi) is 6.75. The molecule has 24 heavy (non-hydrogen) atoms. The number of halogens is 1. The third-order valence-corrected chi connectivity index (χ3v) is 3.65. The molecule has 2 aromatic carbocycles. The van der Waals surface area contributed by atoms with E-state index in [2.05, 4.69) is 21.2 Å². The summed E-state index contributed by atoms with van der Waals surface area (Å²) in [7, 11) is 0. The van der Waals surface area contributed by atoms with E-state index in [9.17, 15) is 9.59 Å². The highest BCUT2D eigenvalue weighted by atomic mass is 79.9. The van der Waals surface area contributed by atoms with Gasteiger partial charge in [0.05, 0.1) is 12.2 Å². The first kappa shape index (κ1) is 17.9. The Morgan fingerprint density at radius 3 is 2.38 bits per heavy atom. The number of rotatable bonds is 6. The van der Waals surface area contributed by atoms with Gasteiger partial charge in [-0.25, -0.2) is 4.79 Å². The summed E-state index contributed by atoms with van der Waals surface area (Å²) < 4.78 is 6.04. The molecule has 2 aromatic rings. The monoisotopic (exact) mass is 387 g/mol. The number of ether oxygens (including phenoxy) is 1. The number of benzene rings is 2. The van der Waals surface area contributed by atoms with Crippen molar-refractivity contribution in [3.63, 3.8) is 0 Å². The Morgan fingerprint density at radius 2 is 1.75 bits per heavy atom. The summed E-state index contributed by atoms with van der Waals surface area (Å²) in [5.41, 5.74) is 2.02. The van der Waals surface area contributed by atoms with E-state index >= 15 is 0 Å². The number of amides is 1. The highest BCUT2D eigenvalue weighted by Gasteiger charge is 2.06. The summed E-state index contributed by atoms with van der Waals surface area (Å²) in [6.45, 7) is 2.34. The topological polar surface area (TPSA) is 55.4 Å². The molecule has 0 spiro atoms. The van der Waals surface area contributed by atoms with Crippen molar-refractivity contribution in [3.05, 3.63) is 70.2 Å². The molecule has 2 rings (SSSR count). The zero-order valence-corrected chi connectivity index (χ0v) is 14.9. The molecule has 0 aliphatic heterocycles. The molecule has 4 nitrogen and oxygen atoms in total. The first-order valence-electron chi connectivity index (χ1n) is 7.60. The second-order valence-electron chi connectivity index (χ2n) is 5.09. The Morgan fingerprint density at radius 1 is 1.08 bits per heavy atom. The maximum Gasteiger partial charge on any atom is 0.338 e. The number of hydrogen-bond donors (Lipinski definition) is 1. The van der Waals surface area contributed by atoms with Crippen molar-refractivity contribution < 1.29 is 14.3 Å². The lowest BCUT2D eigenvalue weighted by molar-refractivity contribution is -0.111. The van der Waals surface area contributed by atoms with Crippen molar-refractivity contribution in [2.75, 3.05) is 11.9 Å². The molecule has 0 atom stereocenters. The molecule has 1 amide bonds. The summed E-state index contributed by atoms with van der Waals surface area (Å²) >= 11 is 3.36. The van der Waals surface area contributed by atoms with Gasteiger partial charge < -0.3 is 10.1 Å². The van der Waals surface area contributed by atoms with Gasteiger partial charge in [-0.05, 0) is 54.5 Å². The Labute approximate surface area is 149 Å². The van der Waals surface area contributed by atoms with Crippen molar-refractivity contribution in [2.24, 2.45) is 0 Å². The van der Waals surface area contributed by atoms with Crippen LogP contribution < -0.4 is 5.32 Å². The van der Waals surface area contributed by atoms with Crippen LogP contribution in [0.2, 0.25) is 0 Å². The summed E-state index contributed by atoms with van der Waals surface area (Å²) in [5, 5.41) is 2.75. The maximum absolute atomic E-state index is 11.9. The number of esters is 1. The van der Waals surface area contributed by atoms with E-state index in [1.807, 2.05) is 31.2 Å². The number of carbonyl (C=O) groups is 2. The predicted octanol–water partition coefficient (Wildman–Crippen LogP) is 4.67. The van der Waals surface area contributed by atoms with Gasteiger partial charge in [-0.2, -0.15) is 0 Å². The molecule has 0 saturated heterocycles. The van der Waals surface area contributed by atoms with Crippen LogP contribution in [0, 0.1) is 0 Å². The predicted molar refractivity (Wildman–Crippen MR) is 98.8 cm³/mol. The molecule has 1 N–H and O–H groups in total. The lowest BCUT2D eigenvalue weighted by Gasteiger charge is -2.05. The van der Waals surface area contributed by atoms with E-state index < -0.39 is 0 Å². The first-order chi connectivity index (χ1) is 11.6. The highest BCUT2D eigenvalue weighted by Crippen LogP contribution is 2.13. The SMILES string of the molecule is CCCOC(=O)c1ccc(NC(=O)/C=C/c2ccc(Br)cc2)cc1. The van der Waals surface area contributed by atoms with Gasteiger partial charge >= 0.3 is 5.97 Å². The van der Waals surface area contributed by atoms with Crippen LogP contribution in [0.25, 0.3) is 6.08 Å². The fourth-order valence-electron chi connectivity index (χ4n) is 1.90. The second-order valence-corrected chi connectivity index (χ2v) is 6.00. The molecule has 0 aromatic heterocycles. The molecule has 0 saturated carbocycles. The molecule has 0 radical (unpaired) electrons. The standard InChI is InChI=1S/C19H18BrNO3/c1-2-13-24-19(23)15-6-10-17(11-7-15)21-18(22)12-5-14-3-8-16(20)9-4-14/h3-12H,2,13H2,1H3,(H,21,22)/b12-5+. The van der Waals surface area contributed by atoms with Crippen LogP contribution in [0.4, 0.5) is 5.69 Å². The van der Waals surface area contributed by atoms with Gasteiger partial charge in [0.1, 0.15) is 0 Å². The number of carbonyl (C=O) groups excluding carboxylic acids is 2. The van der Waals surface area contributed by atoms with Crippen molar-refractivity contribution in [3.8, 4) is 0 Å². The zero-order chi connectivity index (χ0) is 17.4. The van der Waals surface area contributed by atoms with E-state index in [1.165, 1.54) is 6.08 Å². The van der Waals surface area contributed by atoms with Gasteiger partial charge in [0, 0.05) is 16.2 Å². The molecule has 0 unspecified atom stereocenters.